The molecule has 0 spiro atoms. The maximum absolute atomic E-state index is 9.00. The lowest BCUT2D eigenvalue weighted by molar-refractivity contribution is 0.211. The number of nitriles is 1. The Morgan fingerprint density at radius 2 is 2.15 bits per heavy atom. The van der Waals surface area contributed by atoms with E-state index in [-0.39, 0.29) is 0 Å². The molecule has 1 aliphatic heterocycles. The topological polar surface area (TPSA) is 57.9 Å². The normalized spacial score (nSPS) is 15.9. The van der Waals surface area contributed by atoms with Gasteiger partial charge in [-0.3, -0.25) is 0 Å². The van der Waals surface area contributed by atoms with Gasteiger partial charge in [0.05, 0.1) is 18.2 Å². The highest BCUT2D eigenvalue weighted by molar-refractivity contribution is 5.87. The molecule has 1 aliphatic rings. The first-order chi connectivity index (χ1) is 9.86. The van der Waals surface area contributed by atoms with Gasteiger partial charge in [0.2, 0.25) is 5.88 Å². The lowest BCUT2D eigenvalue weighted by Gasteiger charge is -2.22. The van der Waals surface area contributed by atoms with E-state index in [9.17, 15) is 0 Å². The van der Waals surface area contributed by atoms with Gasteiger partial charge in [0, 0.05) is 11.6 Å². The van der Waals surface area contributed by atoms with Crippen LogP contribution in [0.5, 0.6) is 5.88 Å². The Morgan fingerprint density at radius 3 is 2.95 bits per heavy atom. The van der Waals surface area contributed by atoms with Crippen LogP contribution in [-0.2, 0) is 0 Å². The third-order valence-corrected chi connectivity index (χ3v) is 3.77. The summed E-state index contributed by atoms with van der Waals surface area (Å²) in [5.74, 6) is 1.23. The van der Waals surface area contributed by atoms with E-state index in [1.807, 2.05) is 24.3 Å². The molecule has 2 heterocycles. The van der Waals surface area contributed by atoms with Gasteiger partial charge in [-0.2, -0.15) is 5.26 Å². The number of hydrogen-bond acceptors (Lipinski definition) is 4. The predicted molar refractivity (Wildman–Crippen MR) is 77.5 cm³/mol. The van der Waals surface area contributed by atoms with E-state index in [1.165, 1.54) is 0 Å². The Hall–Kier alpha value is -2.12. The molecule has 0 atom stereocenters. The average Bonchev–Trinajstić information content (AvgIpc) is 2.53. The molecule has 1 aromatic heterocycles. The SMILES string of the molecule is N#Cc1ccc2ccnc(OCC3CCNCC3)c2c1. The van der Waals surface area contributed by atoms with E-state index in [0.717, 1.165) is 36.7 Å². The smallest absolute Gasteiger partial charge is 0.221 e. The predicted octanol–water partition coefficient (Wildman–Crippen LogP) is 2.48. The first kappa shape index (κ1) is 12.9. The number of piperidine rings is 1. The fourth-order valence-electron chi connectivity index (χ4n) is 2.57. The monoisotopic (exact) mass is 267 g/mol. The quantitative estimate of drug-likeness (QED) is 0.928. The number of fused-ring (bicyclic) bond motifs is 1. The highest BCUT2D eigenvalue weighted by Crippen LogP contribution is 2.25. The van der Waals surface area contributed by atoms with Crippen LogP contribution in [0.15, 0.2) is 30.5 Å². The summed E-state index contributed by atoms with van der Waals surface area (Å²) >= 11 is 0. The summed E-state index contributed by atoms with van der Waals surface area (Å²) in [4.78, 5) is 4.32. The second kappa shape index (κ2) is 5.89. The number of hydrogen-bond donors (Lipinski definition) is 1. The zero-order chi connectivity index (χ0) is 13.8. The summed E-state index contributed by atoms with van der Waals surface area (Å²) in [6, 6.07) is 9.70. The van der Waals surface area contributed by atoms with Crippen molar-refractivity contribution in [2.24, 2.45) is 5.92 Å². The van der Waals surface area contributed by atoms with Crippen molar-refractivity contribution in [3.05, 3.63) is 36.0 Å². The van der Waals surface area contributed by atoms with E-state index in [1.54, 1.807) is 6.20 Å². The number of ether oxygens (including phenoxy) is 1. The van der Waals surface area contributed by atoms with Gasteiger partial charge in [-0.15, -0.1) is 0 Å². The second-order valence-electron chi connectivity index (χ2n) is 5.17. The molecule has 0 radical (unpaired) electrons. The standard InChI is InChI=1S/C16H17N3O/c17-10-13-1-2-14-5-8-19-16(15(14)9-13)20-11-12-3-6-18-7-4-12/h1-2,5,8-9,12,18H,3-4,6-7,11H2. The van der Waals surface area contributed by atoms with Gasteiger partial charge >= 0.3 is 0 Å². The van der Waals surface area contributed by atoms with E-state index in [2.05, 4.69) is 16.4 Å². The van der Waals surface area contributed by atoms with Gasteiger partial charge in [-0.05, 0) is 55.4 Å². The zero-order valence-electron chi connectivity index (χ0n) is 11.3. The van der Waals surface area contributed by atoms with E-state index in [0.29, 0.717) is 24.0 Å². The Labute approximate surface area is 118 Å². The molecule has 1 saturated heterocycles. The molecule has 1 aromatic carbocycles. The second-order valence-corrected chi connectivity index (χ2v) is 5.17. The van der Waals surface area contributed by atoms with Crippen molar-refractivity contribution in [2.75, 3.05) is 19.7 Å². The highest BCUT2D eigenvalue weighted by atomic mass is 16.5. The molecule has 0 amide bonds. The van der Waals surface area contributed by atoms with Crippen molar-refractivity contribution in [3.8, 4) is 11.9 Å². The molecule has 4 heteroatoms. The van der Waals surface area contributed by atoms with Gasteiger partial charge in [-0.25, -0.2) is 4.98 Å². The third-order valence-electron chi connectivity index (χ3n) is 3.77. The molecule has 1 N–H and O–H groups in total. The summed E-state index contributed by atoms with van der Waals surface area (Å²) in [5.41, 5.74) is 0.636. The van der Waals surface area contributed by atoms with Crippen LogP contribution >= 0.6 is 0 Å². The van der Waals surface area contributed by atoms with Gasteiger partial charge in [0.1, 0.15) is 0 Å². The number of pyridine rings is 1. The Bertz CT molecular complexity index is 642. The van der Waals surface area contributed by atoms with Gasteiger partial charge < -0.3 is 10.1 Å². The van der Waals surface area contributed by atoms with Crippen LogP contribution in [0, 0.1) is 17.2 Å². The first-order valence-corrected chi connectivity index (χ1v) is 6.99. The molecule has 1 fully saturated rings. The zero-order valence-corrected chi connectivity index (χ0v) is 11.3. The maximum Gasteiger partial charge on any atom is 0.221 e. The van der Waals surface area contributed by atoms with E-state index in [4.69, 9.17) is 10.00 Å². The van der Waals surface area contributed by atoms with Crippen molar-refractivity contribution in [1.29, 1.82) is 5.26 Å². The number of benzene rings is 1. The van der Waals surface area contributed by atoms with Crippen molar-refractivity contribution < 1.29 is 4.74 Å². The van der Waals surface area contributed by atoms with Crippen molar-refractivity contribution in [1.82, 2.24) is 10.3 Å². The Morgan fingerprint density at radius 1 is 1.30 bits per heavy atom. The first-order valence-electron chi connectivity index (χ1n) is 6.99. The fraction of sp³-hybridized carbons (Fsp3) is 0.375. The Kier molecular flexibility index (Phi) is 3.80. The minimum Gasteiger partial charge on any atom is -0.477 e. The molecule has 2 aromatic rings. The van der Waals surface area contributed by atoms with Crippen LogP contribution in [0.25, 0.3) is 10.8 Å². The van der Waals surface area contributed by atoms with E-state index >= 15 is 0 Å². The van der Waals surface area contributed by atoms with Gasteiger partial charge in [-0.1, -0.05) is 6.07 Å². The summed E-state index contributed by atoms with van der Waals surface area (Å²) in [7, 11) is 0. The van der Waals surface area contributed by atoms with Crippen molar-refractivity contribution in [3.63, 3.8) is 0 Å². The van der Waals surface area contributed by atoms with Crippen LogP contribution in [0.2, 0.25) is 0 Å². The number of rotatable bonds is 3. The largest absolute Gasteiger partial charge is 0.477 e. The van der Waals surface area contributed by atoms with Crippen LogP contribution in [-0.4, -0.2) is 24.7 Å². The highest BCUT2D eigenvalue weighted by Gasteiger charge is 2.14. The van der Waals surface area contributed by atoms with Crippen molar-refractivity contribution >= 4 is 10.8 Å². The number of nitrogens with one attached hydrogen (secondary N) is 1. The summed E-state index contributed by atoms with van der Waals surface area (Å²) < 4.78 is 5.91. The molecule has 0 saturated carbocycles. The van der Waals surface area contributed by atoms with Crippen LogP contribution in [0.4, 0.5) is 0 Å². The van der Waals surface area contributed by atoms with Crippen LogP contribution in [0.3, 0.4) is 0 Å². The minimum absolute atomic E-state index is 0.590. The maximum atomic E-state index is 9.00. The minimum atomic E-state index is 0.590. The average molecular weight is 267 g/mol. The molecule has 102 valence electrons. The lowest BCUT2D eigenvalue weighted by atomic mass is 9.99. The summed E-state index contributed by atoms with van der Waals surface area (Å²) in [5, 5.41) is 14.3. The molecule has 0 bridgehead atoms. The van der Waals surface area contributed by atoms with Gasteiger partial charge in [0.15, 0.2) is 0 Å². The fourth-order valence-corrected chi connectivity index (χ4v) is 2.57. The van der Waals surface area contributed by atoms with Crippen molar-refractivity contribution in [2.45, 2.75) is 12.8 Å². The molecule has 4 nitrogen and oxygen atoms in total. The Balaban J connectivity index is 1.81. The number of nitrogens with zero attached hydrogens (tertiary/aromatic N) is 2. The third kappa shape index (κ3) is 2.73. The molecule has 0 unspecified atom stereocenters. The molecule has 20 heavy (non-hydrogen) atoms. The van der Waals surface area contributed by atoms with Gasteiger partial charge in [0.25, 0.3) is 0 Å². The summed E-state index contributed by atoms with van der Waals surface area (Å²) in [6.07, 6.45) is 4.05. The molecular weight excluding hydrogens is 250 g/mol. The molecule has 3 rings (SSSR count). The lowest BCUT2D eigenvalue weighted by Crippen LogP contribution is -2.30. The number of aromatic nitrogens is 1. The van der Waals surface area contributed by atoms with Crippen LogP contribution < -0.4 is 10.1 Å². The molecule has 0 aliphatic carbocycles. The van der Waals surface area contributed by atoms with Crippen LogP contribution in [0.1, 0.15) is 18.4 Å². The summed E-state index contributed by atoms with van der Waals surface area (Å²) in [6.45, 7) is 2.83. The molecular formula is C16H17N3O. The van der Waals surface area contributed by atoms with E-state index < -0.39 is 0 Å².